The Morgan fingerprint density at radius 2 is 2.11 bits per heavy atom. The van der Waals surface area contributed by atoms with Crippen molar-refractivity contribution < 1.29 is 0 Å². The normalized spacial score (nSPS) is 12.6. The molecule has 0 aliphatic heterocycles. The maximum absolute atomic E-state index is 6.11. The Bertz CT molecular complexity index is 557. The second-order valence-corrected chi connectivity index (χ2v) is 5.88. The van der Waals surface area contributed by atoms with Gasteiger partial charge in [0.2, 0.25) is 0 Å². The molecule has 2 aromatic rings. The van der Waals surface area contributed by atoms with Crippen LogP contribution in [0.3, 0.4) is 0 Å². The molecule has 6 heteroatoms. The molecule has 2 rings (SSSR count). The fraction of sp³-hybridized carbons (Fsp3) is 0.385. The molecule has 102 valence electrons. The zero-order valence-electron chi connectivity index (χ0n) is 10.8. The predicted octanol–water partition coefficient (Wildman–Crippen LogP) is 4.24. The molecule has 3 nitrogen and oxygen atoms in total. The van der Waals surface area contributed by atoms with E-state index in [-0.39, 0.29) is 6.04 Å². The van der Waals surface area contributed by atoms with Crippen LogP contribution in [0.25, 0.3) is 0 Å². The van der Waals surface area contributed by atoms with Gasteiger partial charge in [-0.25, -0.2) is 0 Å². The van der Waals surface area contributed by atoms with Crippen LogP contribution in [-0.2, 0) is 0 Å². The number of nitrogens with zero attached hydrogens (tertiary/aromatic N) is 2. The third-order valence-corrected chi connectivity index (χ3v) is 4.45. The van der Waals surface area contributed by atoms with E-state index in [4.69, 9.17) is 23.2 Å². The van der Waals surface area contributed by atoms with Gasteiger partial charge in [0.1, 0.15) is 0 Å². The van der Waals surface area contributed by atoms with E-state index in [1.165, 1.54) is 11.5 Å². The smallest absolute Gasteiger partial charge is 0.0776 e. The summed E-state index contributed by atoms with van der Waals surface area (Å²) >= 11 is 13.5. The van der Waals surface area contributed by atoms with E-state index < -0.39 is 0 Å². The molecule has 1 heterocycles. The predicted molar refractivity (Wildman–Crippen MR) is 81.2 cm³/mol. The van der Waals surface area contributed by atoms with Gasteiger partial charge in [0.05, 0.1) is 26.7 Å². The van der Waals surface area contributed by atoms with Gasteiger partial charge < -0.3 is 5.32 Å². The zero-order chi connectivity index (χ0) is 13.8. The summed E-state index contributed by atoms with van der Waals surface area (Å²) in [6.07, 6.45) is 1.06. The molecular formula is C13H15Cl2N3S. The lowest BCUT2D eigenvalue weighted by molar-refractivity contribution is 0.602. The maximum Gasteiger partial charge on any atom is 0.0776 e. The summed E-state index contributed by atoms with van der Waals surface area (Å²) in [6, 6.07) is 5.77. The summed E-state index contributed by atoms with van der Waals surface area (Å²) in [4.78, 5) is 1.12. The van der Waals surface area contributed by atoms with Crippen molar-refractivity contribution in [1.82, 2.24) is 14.9 Å². The van der Waals surface area contributed by atoms with E-state index in [0.29, 0.717) is 10.0 Å². The molecule has 0 aliphatic carbocycles. The standard InChI is InChI=1S/C13H15Cl2N3S/c1-3-6-16-12(13-8(2)17-18-19-13)9-4-5-10(14)11(15)7-9/h4-5,7,12,16H,3,6H2,1-2H3. The largest absolute Gasteiger partial charge is 0.305 e. The van der Waals surface area contributed by atoms with Crippen molar-refractivity contribution in [1.29, 1.82) is 0 Å². The van der Waals surface area contributed by atoms with E-state index >= 15 is 0 Å². The van der Waals surface area contributed by atoms with E-state index in [2.05, 4.69) is 21.8 Å². The second kappa shape index (κ2) is 6.66. The molecule has 0 fully saturated rings. The van der Waals surface area contributed by atoms with E-state index in [1.54, 1.807) is 0 Å². The summed E-state index contributed by atoms with van der Waals surface area (Å²) in [5, 5.41) is 8.72. The van der Waals surface area contributed by atoms with Crippen molar-refractivity contribution >= 4 is 34.7 Å². The number of nitrogens with one attached hydrogen (secondary N) is 1. The summed E-state index contributed by atoms with van der Waals surface area (Å²) in [5.74, 6) is 0. The third kappa shape index (κ3) is 3.45. The van der Waals surface area contributed by atoms with Gasteiger partial charge in [-0.1, -0.05) is 40.7 Å². The van der Waals surface area contributed by atoms with Crippen LogP contribution in [0.1, 0.15) is 35.5 Å². The molecule has 0 spiro atoms. The quantitative estimate of drug-likeness (QED) is 0.896. The molecule has 1 aromatic carbocycles. The Kier molecular flexibility index (Phi) is 5.16. The molecule has 0 aliphatic rings. The van der Waals surface area contributed by atoms with Gasteiger partial charge in [0.25, 0.3) is 0 Å². The Balaban J connectivity index is 2.37. The van der Waals surface area contributed by atoms with Crippen molar-refractivity contribution in [2.75, 3.05) is 6.54 Å². The van der Waals surface area contributed by atoms with Crippen LogP contribution >= 0.6 is 34.7 Å². The molecular weight excluding hydrogens is 301 g/mol. The second-order valence-electron chi connectivity index (χ2n) is 4.28. The number of halogens is 2. The number of benzene rings is 1. The summed E-state index contributed by atoms with van der Waals surface area (Å²) < 4.78 is 4.01. The van der Waals surface area contributed by atoms with Gasteiger partial charge in [-0.15, -0.1) is 5.10 Å². The van der Waals surface area contributed by atoms with Crippen LogP contribution in [0.15, 0.2) is 18.2 Å². The molecule has 0 saturated carbocycles. The summed E-state index contributed by atoms with van der Waals surface area (Å²) in [6.45, 7) is 5.02. The summed E-state index contributed by atoms with van der Waals surface area (Å²) in [7, 11) is 0. The monoisotopic (exact) mass is 315 g/mol. The minimum atomic E-state index is 0.0646. The van der Waals surface area contributed by atoms with Crippen LogP contribution in [0, 0.1) is 6.92 Å². The highest BCUT2D eigenvalue weighted by atomic mass is 35.5. The third-order valence-electron chi connectivity index (χ3n) is 2.82. The lowest BCUT2D eigenvalue weighted by atomic mass is 10.0. The SMILES string of the molecule is CCCNC(c1ccc(Cl)c(Cl)c1)c1snnc1C. The number of aryl methyl sites for hydroxylation is 1. The van der Waals surface area contributed by atoms with Gasteiger partial charge in [0, 0.05) is 0 Å². The van der Waals surface area contributed by atoms with Crippen LogP contribution < -0.4 is 5.32 Å². The first kappa shape index (κ1) is 14.7. The highest BCUT2D eigenvalue weighted by molar-refractivity contribution is 7.05. The van der Waals surface area contributed by atoms with Crippen LogP contribution in [0.4, 0.5) is 0 Å². The molecule has 1 aromatic heterocycles. The van der Waals surface area contributed by atoms with Crippen molar-refractivity contribution in [3.63, 3.8) is 0 Å². The van der Waals surface area contributed by atoms with E-state index in [9.17, 15) is 0 Å². The van der Waals surface area contributed by atoms with E-state index in [1.807, 2.05) is 25.1 Å². The fourth-order valence-electron chi connectivity index (χ4n) is 1.85. The molecule has 0 saturated heterocycles. The highest BCUT2D eigenvalue weighted by Gasteiger charge is 2.19. The van der Waals surface area contributed by atoms with Crippen molar-refractivity contribution in [2.24, 2.45) is 0 Å². The van der Waals surface area contributed by atoms with Crippen molar-refractivity contribution in [2.45, 2.75) is 26.3 Å². The maximum atomic E-state index is 6.11. The minimum Gasteiger partial charge on any atom is -0.305 e. The fourth-order valence-corrected chi connectivity index (χ4v) is 2.90. The Labute approximate surface area is 127 Å². The van der Waals surface area contributed by atoms with E-state index in [0.717, 1.165) is 29.1 Å². The van der Waals surface area contributed by atoms with Gasteiger partial charge in [-0.2, -0.15) is 0 Å². The lowest BCUT2D eigenvalue weighted by Gasteiger charge is -2.18. The van der Waals surface area contributed by atoms with Gasteiger partial charge in [-0.05, 0) is 49.1 Å². The molecule has 1 atom stereocenters. The number of aromatic nitrogens is 2. The molecule has 0 amide bonds. The first-order valence-corrected chi connectivity index (χ1v) is 7.63. The lowest BCUT2D eigenvalue weighted by Crippen LogP contribution is -2.23. The Morgan fingerprint density at radius 3 is 2.68 bits per heavy atom. The Hall–Kier alpha value is -0.680. The van der Waals surface area contributed by atoms with Crippen molar-refractivity contribution in [3.05, 3.63) is 44.4 Å². The molecule has 0 bridgehead atoms. The van der Waals surface area contributed by atoms with Gasteiger partial charge >= 0.3 is 0 Å². The van der Waals surface area contributed by atoms with Gasteiger partial charge in [-0.3, -0.25) is 0 Å². The topological polar surface area (TPSA) is 37.8 Å². The van der Waals surface area contributed by atoms with Gasteiger partial charge in [0.15, 0.2) is 0 Å². The number of rotatable bonds is 5. The average Bonchev–Trinajstić information content (AvgIpc) is 2.80. The molecule has 1 unspecified atom stereocenters. The summed E-state index contributed by atoms with van der Waals surface area (Å²) in [5.41, 5.74) is 2.03. The average molecular weight is 316 g/mol. The highest BCUT2D eigenvalue weighted by Crippen LogP contribution is 2.31. The van der Waals surface area contributed by atoms with Crippen LogP contribution in [0.5, 0.6) is 0 Å². The molecule has 19 heavy (non-hydrogen) atoms. The molecule has 1 N–H and O–H groups in total. The van der Waals surface area contributed by atoms with Crippen LogP contribution in [0.2, 0.25) is 10.0 Å². The Morgan fingerprint density at radius 1 is 1.32 bits per heavy atom. The number of hydrogen-bond donors (Lipinski definition) is 1. The van der Waals surface area contributed by atoms with Crippen molar-refractivity contribution in [3.8, 4) is 0 Å². The first-order valence-electron chi connectivity index (χ1n) is 6.10. The number of hydrogen-bond acceptors (Lipinski definition) is 4. The molecule has 0 radical (unpaired) electrons. The zero-order valence-corrected chi connectivity index (χ0v) is 13.1. The first-order chi connectivity index (χ1) is 9.13. The van der Waals surface area contributed by atoms with Crippen LogP contribution in [-0.4, -0.2) is 16.1 Å². The minimum absolute atomic E-state index is 0.0646.